The van der Waals surface area contributed by atoms with Gasteiger partial charge in [-0.2, -0.15) is 0 Å². The highest BCUT2D eigenvalue weighted by Crippen LogP contribution is 2.22. The van der Waals surface area contributed by atoms with Gasteiger partial charge in [0, 0.05) is 12.1 Å². The van der Waals surface area contributed by atoms with E-state index in [0.717, 1.165) is 5.56 Å². The minimum atomic E-state index is -0.815. The Morgan fingerprint density at radius 1 is 1.18 bits per heavy atom. The number of benzene rings is 2. The van der Waals surface area contributed by atoms with Crippen molar-refractivity contribution < 1.29 is 19.1 Å². The number of nitrogens with one attached hydrogen (secondary N) is 1. The van der Waals surface area contributed by atoms with Gasteiger partial charge in [0.15, 0.2) is 6.10 Å². The lowest BCUT2D eigenvalue weighted by Crippen LogP contribution is -2.37. The molecule has 0 radical (unpaired) electrons. The van der Waals surface area contributed by atoms with Crippen LogP contribution in [0.5, 0.6) is 5.75 Å². The van der Waals surface area contributed by atoms with Gasteiger partial charge >= 0.3 is 5.97 Å². The highest BCUT2D eigenvalue weighted by atomic mass is 16.5. The number of amides is 1. The van der Waals surface area contributed by atoms with Gasteiger partial charge in [-0.3, -0.25) is 4.79 Å². The van der Waals surface area contributed by atoms with Crippen molar-refractivity contribution in [1.82, 2.24) is 0 Å². The number of ether oxygens (including phenoxy) is 2. The quantitative estimate of drug-likeness (QED) is 0.884. The van der Waals surface area contributed by atoms with Crippen LogP contribution < -0.4 is 10.1 Å². The van der Waals surface area contributed by atoms with Crippen molar-refractivity contribution >= 4 is 17.6 Å². The summed E-state index contributed by atoms with van der Waals surface area (Å²) in [4.78, 5) is 24.2. The first kappa shape index (κ1) is 14.1. The highest BCUT2D eigenvalue weighted by molar-refractivity contribution is 6.00. The van der Waals surface area contributed by atoms with E-state index in [2.05, 4.69) is 5.32 Å². The minimum absolute atomic E-state index is 0.340. The molecule has 0 fully saturated rings. The van der Waals surface area contributed by atoms with Crippen molar-refractivity contribution in [3.63, 3.8) is 0 Å². The molecule has 1 atom stereocenters. The first-order valence-corrected chi connectivity index (χ1v) is 6.91. The maximum absolute atomic E-state index is 12.3. The lowest BCUT2D eigenvalue weighted by Gasteiger charge is -2.23. The van der Waals surface area contributed by atoms with Gasteiger partial charge in [0.05, 0.1) is 12.7 Å². The summed E-state index contributed by atoms with van der Waals surface area (Å²) in [7, 11) is 1.58. The molecule has 2 aromatic carbocycles. The van der Waals surface area contributed by atoms with Crippen LogP contribution in [0.4, 0.5) is 5.69 Å². The summed E-state index contributed by atoms with van der Waals surface area (Å²) in [5.74, 6) is -0.0965. The number of carbonyl (C=O) groups excluding carboxylic acids is 2. The van der Waals surface area contributed by atoms with Crippen LogP contribution in [0.3, 0.4) is 0 Å². The third kappa shape index (κ3) is 2.79. The number of cyclic esters (lactones) is 1. The van der Waals surface area contributed by atoms with Crippen molar-refractivity contribution in [2.75, 3.05) is 12.4 Å². The Hall–Kier alpha value is -2.82. The van der Waals surface area contributed by atoms with E-state index in [9.17, 15) is 9.59 Å². The number of hydrogen-bond donors (Lipinski definition) is 1. The molecule has 22 heavy (non-hydrogen) atoms. The molecule has 5 nitrogen and oxygen atoms in total. The van der Waals surface area contributed by atoms with Crippen LogP contribution in [0.2, 0.25) is 0 Å². The average molecular weight is 297 g/mol. The van der Waals surface area contributed by atoms with Crippen LogP contribution in [0.25, 0.3) is 0 Å². The molecule has 0 unspecified atom stereocenters. The van der Waals surface area contributed by atoms with Crippen LogP contribution in [0, 0.1) is 0 Å². The number of fused-ring (bicyclic) bond motifs is 1. The summed E-state index contributed by atoms with van der Waals surface area (Å²) >= 11 is 0. The second-order valence-corrected chi connectivity index (χ2v) is 4.97. The second-order valence-electron chi connectivity index (χ2n) is 4.97. The van der Waals surface area contributed by atoms with Gasteiger partial charge in [0.2, 0.25) is 0 Å². The van der Waals surface area contributed by atoms with E-state index in [-0.39, 0.29) is 5.91 Å². The second kappa shape index (κ2) is 5.89. The molecule has 0 saturated heterocycles. The Balaban J connectivity index is 1.72. The predicted octanol–water partition coefficient (Wildman–Crippen LogP) is 2.42. The molecule has 3 rings (SSSR count). The summed E-state index contributed by atoms with van der Waals surface area (Å²) in [5, 5.41) is 2.74. The Morgan fingerprint density at radius 2 is 1.91 bits per heavy atom. The molecule has 0 aliphatic carbocycles. The number of anilines is 1. The Bertz CT molecular complexity index is 709. The normalized spacial score (nSPS) is 16.4. The smallest absolute Gasteiger partial charge is 0.339 e. The topological polar surface area (TPSA) is 64.6 Å². The van der Waals surface area contributed by atoms with Crippen LogP contribution in [0.15, 0.2) is 48.5 Å². The van der Waals surface area contributed by atoms with Crippen LogP contribution in [0.1, 0.15) is 15.9 Å². The fourth-order valence-corrected chi connectivity index (χ4v) is 2.37. The first-order chi connectivity index (χ1) is 10.7. The summed E-state index contributed by atoms with van der Waals surface area (Å²) in [6.07, 6.45) is -0.436. The molecule has 0 spiro atoms. The van der Waals surface area contributed by atoms with Crippen LogP contribution >= 0.6 is 0 Å². The molecule has 1 amide bonds. The van der Waals surface area contributed by atoms with Crippen LogP contribution in [-0.2, 0) is 16.0 Å². The van der Waals surface area contributed by atoms with Gasteiger partial charge in [0.1, 0.15) is 5.75 Å². The Labute approximate surface area is 127 Å². The zero-order valence-electron chi connectivity index (χ0n) is 12.0. The fourth-order valence-electron chi connectivity index (χ4n) is 2.37. The van der Waals surface area contributed by atoms with E-state index in [1.54, 1.807) is 43.5 Å². The molecule has 0 saturated carbocycles. The molecule has 112 valence electrons. The molecular weight excluding hydrogens is 282 g/mol. The van der Waals surface area contributed by atoms with Crippen molar-refractivity contribution in [3.8, 4) is 5.75 Å². The van der Waals surface area contributed by atoms with E-state index >= 15 is 0 Å². The van der Waals surface area contributed by atoms with Gasteiger partial charge in [-0.25, -0.2) is 4.79 Å². The average Bonchev–Trinajstić information content (AvgIpc) is 2.55. The van der Waals surface area contributed by atoms with Crippen molar-refractivity contribution in [1.29, 1.82) is 0 Å². The summed E-state index contributed by atoms with van der Waals surface area (Å²) in [6.45, 7) is 0. The van der Waals surface area contributed by atoms with E-state index in [4.69, 9.17) is 9.47 Å². The monoisotopic (exact) mass is 297 g/mol. The largest absolute Gasteiger partial charge is 0.497 e. The summed E-state index contributed by atoms with van der Waals surface area (Å²) in [5.41, 5.74) is 1.98. The molecule has 5 heteroatoms. The van der Waals surface area contributed by atoms with E-state index in [0.29, 0.717) is 23.4 Å². The van der Waals surface area contributed by atoms with Crippen molar-refractivity contribution in [3.05, 3.63) is 59.7 Å². The van der Waals surface area contributed by atoms with Gasteiger partial charge in [-0.1, -0.05) is 18.2 Å². The molecule has 2 aromatic rings. The lowest BCUT2D eigenvalue weighted by molar-refractivity contribution is -0.125. The number of carbonyl (C=O) groups is 2. The van der Waals surface area contributed by atoms with Gasteiger partial charge in [0.25, 0.3) is 5.91 Å². The number of esters is 1. The zero-order chi connectivity index (χ0) is 15.5. The molecule has 1 N–H and O–H groups in total. The summed E-state index contributed by atoms with van der Waals surface area (Å²) < 4.78 is 10.3. The molecule has 0 bridgehead atoms. The third-order valence-corrected chi connectivity index (χ3v) is 3.54. The maximum atomic E-state index is 12.3. The molecule has 0 aromatic heterocycles. The third-order valence-electron chi connectivity index (χ3n) is 3.54. The summed E-state index contributed by atoms with van der Waals surface area (Å²) in [6, 6.07) is 14.1. The Morgan fingerprint density at radius 3 is 2.64 bits per heavy atom. The van der Waals surface area contributed by atoms with Crippen LogP contribution in [-0.4, -0.2) is 25.1 Å². The van der Waals surface area contributed by atoms with Crippen molar-refractivity contribution in [2.24, 2.45) is 0 Å². The number of methoxy groups -OCH3 is 1. The zero-order valence-corrected chi connectivity index (χ0v) is 12.0. The highest BCUT2D eigenvalue weighted by Gasteiger charge is 2.30. The molecule has 1 aliphatic heterocycles. The maximum Gasteiger partial charge on any atom is 0.339 e. The van der Waals surface area contributed by atoms with Gasteiger partial charge in [-0.05, 0) is 35.9 Å². The van der Waals surface area contributed by atoms with E-state index in [1.807, 2.05) is 12.1 Å². The number of rotatable bonds is 3. The first-order valence-electron chi connectivity index (χ1n) is 6.91. The van der Waals surface area contributed by atoms with E-state index in [1.165, 1.54) is 0 Å². The fraction of sp³-hybridized carbons (Fsp3) is 0.176. The lowest BCUT2D eigenvalue weighted by atomic mass is 9.98. The van der Waals surface area contributed by atoms with E-state index < -0.39 is 12.1 Å². The molecule has 1 heterocycles. The van der Waals surface area contributed by atoms with Crippen molar-refractivity contribution in [2.45, 2.75) is 12.5 Å². The molecule has 1 aliphatic rings. The molecular formula is C17H15NO4. The standard InChI is InChI=1S/C17H15NO4/c1-21-13-8-6-12(7-9-13)18-16(19)15-10-11-4-2-3-5-14(11)17(20)22-15/h2-9,15H,10H2,1H3,(H,18,19)/t15-/m0/s1. The number of hydrogen-bond acceptors (Lipinski definition) is 4. The van der Waals surface area contributed by atoms with Gasteiger partial charge < -0.3 is 14.8 Å². The Kier molecular flexibility index (Phi) is 3.78. The van der Waals surface area contributed by atoms with Gasteiger partial charge in [-0.15, -0.1) is 0 Å². The SMILES string of the molecule is COc1ccc(NC(=O)[C@@H]2Cc3ccccc3C(=O)O2)cc1. The minimum Gasteiger partial charge on any atom is -0.497 e. The predicted molar refractivity (Wildman–Crippen MR) is 81.0 cm³/mol.